The van der Waals surface area contributed by atoms with Gasteiger partial charge in [-0.3, -0.25) is 4.79 Å². The maximum Gasteiger partial charge on any atom is 0.338 e. The van der Waals surface area contributed by atoms with Crippen molar-refractivity contribution >= 4 is 18.2 Å². The molecule has 0 N–H and O–H groups in total. The van der Waals surface area contributed by atoms with E-state index in [1.807, 2.05) is 0 Å². The van der Waals surface area contributed by atoms with Crippen molar-refractivity contribution in [3.63, 3.8) is 0 Å². The maximum absolute atomic E-state index is 12.3. The van der Waals surface area contributed by atoms with Crippen molar-refractivity contribution in [2.24, 2.45) is 0 Å². The van der Waals surface area contributed by atoms with E-state index in [0.29, 0.717) is 17.4 Å². The number of ether oxygens (including phenoxy) is 3. The average molecular weight is 352 g/mol. The van der Waals surface area contributed by atoms with Crippen LogP contribution in [0.5, 0.6) is 0 Å². The van der Waals surface area contributed by atoms with Crippen molar-refractivity contribution in [3.8, 4) is 0 Å². The van der Waals surface area contributed by atoms with Gasteiger partial charge in [-0.1, -0.05) is 36.4 Å². The standard InChI is InChI=1S/C20H16O6/c21-12-16-11-17(25-19(22)14-7-3-1-4-8-14)18(13-24-16)26-20(23)15-9-5-2-6-10-15/h1-12,17-18H,13H2/t17-,18+/m0/s1. The molecule has 0 saturated carbocycles. The first-order valence-corrected chi connectivity index (χ1v) is 7.99. The smallest absolute Gasteiger partial charge is 0.338 e. The highest BCUT2D eigenvalue weighted by molar-refractivity contribution is 5.90. The van der Waals surface area contributed by atoms with Gasteiger partial charge in [0.05, 0.1) is 11.1 Å². The molecule has 2 aromatic rings. The third-order valence-corrected chi connectivity index (χ3v) is 3.75. The Labute approximate surface area is 150 Å². The van der Waals surface area contributed by atoms with Gasteiger partial charge >= 0.3 is 11.9 Å². The van der Waals surface area contributed by atoms with Crippen molar-refractivity contribution in [1.29, 1.82) is 0 Å². The molecule has 1 heterocycles. The summed E-state index contributed by atoms with van der Waals surface area (Å²) in [6.45, 7) is -0.0874. The van der Waals surface area contributed by atoms with E-state index in [0.717, 1.165) is 0 Å². The summed E-state index contributed by atoms with van der Waals surface area (Å²) < 4.78 is 16.1. The second-order valence-corrected chi connectivity index (χ2v) is 5.54. The zero-order valence-electron chi connectivity index (χ0n) is 13.7. The Hall–Kier alpha value is -3.41. The largest absolute Gasteiger partial charge is 0.486 e. The Morgan fingerprint density at radius 2 is 1.42 bits per heavy atom. The normalized spacial score (nSPS) is 18.8. The molecular formula is C20H16O6. The summed E-state index contributed by atoms with van der Waals surface area (Å²) in [7, 11) is 0. The molecule has 6 heteroatoms. The summed E-state index contributed by atoms with van der Waals surface area (Å²) in [4.78, 5) is 35.5. The van der Waals surface area contributed by atoms with Crippen molar-refractivity contribution in [2.75, 3.05) is 6.61 Å². The Morgan fingerprint density at radius 3 is 1.96 bits per heavy atom. The van der Waals surface area contributed by atoms with Gasteiger partial charge in [0, 0.05) is 6.08 Å². The molecule has 1 aliphatic rings. The highest BCUT2D eigenvalue weighted by Crippen LogP contribution is 2.19. The van der Waals surface area contributed by atoms with Crippen LogP contribution in [0, 0.1) is 0 Å². The molecule has 0 radical (unpaired) electrons. The quantitative estimate of drug-likeness (QED) is 0.608. The van der Waals surface area contributed by atoms with Gasteiger partial charge in [0.25, 0.3) is 0 Å². The molecule has 26 heavy (non-hydrogen) atoms. The summed E-state index contributed by atoms with van der Waals surface area (Å²) in [6, 6.07) is 16.8. The number of carbonyl (C=O) groups is 3. The minimum Gasteiger partial charge on any atom is -0.486 e. The Morgan fingerprint density at radius 1 is 0.885 bits per heavy atom. The zero-order chi connectivity index (χ0) is 18.4. The van der Waals surface area contributed by atoms with Crippen molar-refractivity contribution in [3.05, 3.63) is 83.6 Å². The lowest BCUT2D eigenvalue weighted by molar-refractivity contribution is -0.110. The van der Waals surface area contributed by atoms with Crippen LogP contribution in [0.3, 0.4) is 0 Å². The fraction of sp³-hybridized carbons (Fsp3) is 0.150. The number of esters is 2. The highest BCUT2D eigenvalue weighted by atomic mass is 16.6. The number of hydrogen-bond acceptors (Lipinski definition) is 6. The van der Waals surface area contributed by atoms with E-state index in [1.54, 1.807) is 60.7 Å². The molecule has 0 saturated heterocycles. The third-order valence-electron chi connectivity index (χ3n) is 3.75. The molecule has 0 amide bonds. The molecule has 2 aromatic carbocycles. The number of benzene rings is 2. The first kappa shape index (κ1) is 17.4. The van der Waals surface area contributed by atoms with Gasteiger partial charge in [0.2, 0.25) is 0 Å². The Balaban J connectivity index is 1.75. The van der Waals surface area contributed by atoms with E-state index < -0.39 is 24.1 Å². The molecule has 6 nitrogen and oxygen atoms in total. The molecule has 0 fully saturated rings. The molecular weight excluding hydrogens is 336 g/mol. The molecule has 132 valence electrons. The van der Waals surface area contributed by atoms with E-state index in [1.165, 1.54) is 6.08 Å². The number of carbonyl (C=O) groups excluding carboxylic acids is 3. The first-order chi connectivity index (χ1) is 12.7. The number of hydrogen-bond donors (Lipinski definition) is 0. The first-order valence-electron chi connectivity index (χ1n) is 7.99. The van der Waals surface area contributed by atoms with E-state index in [2.05, 4.69) is 0 Å². The second-order valence-electron chi connectivity index (χ2n) is 5.54. The lowest BCUT2D eigenvalue weighted by atomic mass is 10.1. The van der Waals surface area contributed by atoms with Gasteiger partial charge in [-0.05, 0) is 24.3 Å². The Bertz CT molecular complexity index is 813. The van der Waals surface area contributed by atoms with Crippen molar-refractivity contribution < 1.29 is 28.6 Å². The van der Waals surface area contributed by atoms with Crippen LogP contribution < -0.4 is 0 Å². The summed E-state index contributed by atoms with van der Waals surface area (Å²) in [6.07, 6.45) is 0.0576. The maximum atomic E-state index is 12.3. The summed E-state index contributed by atoms with van der Waals surface area (Å²) in [5.74, 6) is -1.12. The van der Waals surface area contributed by atoms with Gasteiger partial charge < -0.3 is 14.2 Å². The predicted molar refractivity (Wildman–Crippen MR) is 91.4 cm³/mol. The minimum absolute atomic E-state index is 0.0304. The van der Waals surface area contributed by atoms with Crippen LogP contribution in [-0.2, 0) is 19.0 Å². The van der Waals surface area contributed by atoms with Gasteiger partial charge in [0.15, 0.2) is 24.3 Å². The van der Waals surface area contributed by atoms with Crippen LogP contribution in [0.1, 0.15) is 20.7 Å². The molecule has 0 aromatic heterocycles. The van der Waals surface area contributed by atoms with E-state index in [4.69, 9.17) is 14.2 Å². The lowest BCUT2D eigenvalue weighted by Gasteiger charge is -2.28. The molecule has 0 unspecified atom stereocenters. The second kappa shape index (κ2) is 8.11. The van der Waals surface area contributed by atoms with Gasteiger partial charge in [-0.25, -0.2) is 9.59 Å². The van der Waals surface area contributed by atoms with E-state index in [9.17, 15) is 14.4 Å². The fourth-order valence-electron chi connectivity index (χ4n) is 2.42. The summed E-state index contributed by atoms with van der Waals surface area (Å²) in [5, 5.41) is 0. The molecule has 2 atom stereocenters. The van der Waals surface area contributed by atoms with Crippen LogP contribution >= 0.6 is 0 Å². The molecule has 3 rings (SSSR count). The highest BCUT2D eigenvalue weighted by Gasteiger charge is 2.33. The SMILES string of the molecule is O=CC1=C[C@H](OC(=O)c2ccccc2)[C@H](OC(=O)c2ccccc2)CO1. The average Bonchev–Trinajstić information content (AvgIpc) is 2.70. The van der Waals surface area contributed by atoms with Crippen LogP contribution in [0.25, 0.3) is 0 Å². The lowest BCUT2D eigenvalue weighted by Crippen LogP contribution is -2.40. The fourth-order valence-corrected chi connectivity index (χ4v) is 2.42. The van der Waals surface area contributed by atoms with Crippen molar-refractivity contribution in [2.45, 2.75) is 12.2 Å². The van der Waals surface area contributed by atoms with Crippen LogP contribution in [0.2, 0.25) is 0 Å². The molecule has 0 spiro atoms. The molecule has 1 aliphatic heterocycles. The van der Waals surface area contributed by atoms with Crippen molar-refractivity contribution in [1.82, 2.24) is 0 Å². The summed E-state index contributed by atoms with van der Waals surface area (Å²) in [5.41, 5.74) is 0.721. The number of aldehydes is 1. The topological polar surface area (TPSA) is 78.9 Å². The number of allylic oxidation sites excluding steroid dienone is 1. The zero-order valence-corrected chi connectivity index (χ0v) is 13.7. The van der Waals surface area contributed by atoms with Gasteiger partial charge in [-0.15, -0.1) is 0 Å². The number of rotatable bonds is 5. The third kappa shape index (κ3) is 4.16. The van der Waals surface area contributed by atoms with Gasteiger partial charge in [-0.2, -0.15) is 0 Å². The summed E-state index contributed by atoms with van der Waals surface area (Å²) >= 11 is 0. The molecule has 0 aliphatic carbocycles. The van der Waals surface area contributed by atoms with Crippen LogP contribution in [-0.4, -0.2) is 37.0 Å². The monoisotopic (exact) mass is 352 g/mol. The van der Waals surface area contributed by atoms with Crippen LogP contribution in [0.15, 0.2) is 72.5 Å². The van der Waals surface area contributed by atoms with E-state index in [-0.39, 0.29) is 12.4 Å². The Kier molecular flexibility index (Phi) is 5.43. The van der Waals surface area contributed by atoms with Crippen LogP contribution in [0.4, 0.5) is 0 Å². The van der Waals surface area contributed by atoms with Gasteiger partial charge in [0.1, 0.15) is 6.61 Å². The van der Waals surface area contributed by atoms with E-state index >= 15 is 0 Å². The molecule has 0 bridgehead atoms. The predicted octanol–water partition coefficient (Wildman–Crippen LogP) is 2.55. The minimum atomic E-state index is -0.927.